The maximum atomic E-state index is 9.29. The van der Waals surface area contributed by atoms with Crippen molar-refractivity contribution in [1.29, 1.82) is 0 Å². The molecule has 1 atom stereocenters. The molecule has 12 heavy (non-hydrogen) atoms. The summed E-state index contributed by atoms with van der Waals surface area (Å²) in [6.07, 6.45) is 2.96. The van der Waals surface area contributed by atoms with Gasteiger partial charge in [0.05, 0.1) is 6.10 Å². The molecule has 0 aliphatic carbocycles. The zero-order valence-corrected chi connectivity index (χ0v) is 7.99. The molecule has 1 unspecified atom stereocenters. The molecule has 72 valence electrons. The minimum absolute atomic E-state index is 0.0874. The SMILES string of the molecule is CCC(OC)N1CCC(O)CC1. The van der Waals surface area contributed by atoms with Gasteiger partial charge in [-0.15, -0.1) is 0 Å². The van der Waals surface area contributed by atoms with Gasteiger partial charge in [-0.2, -0.15) is 0 Å². The molecule has 1 N–H and O–H groups in total. The Morgan fingerprint density at radius 1 is 1.50 bits per heavy atom. The smallest absolute Gasteiger partial charge is 0.109 e. The highest BCUT2D eigenvalue weighted by Gasteiger charge is 2.22. The molecular formula is C9H19NO2. The summed E-state index contributed by atoms with van der Waals surface area (Å²) in [5.41, 5.74) is 0. The van der Waals surface area contributed by atoms with Crippen molar-refractivity contribution < 1.29 is 9.84 Å². The van der Waals surface area contributed by atoms with Crippen molar-refractivity contribution in [1.82, 2.24) is 4.90 Å². The van der Waals surface area contributed by atoms with Crippen LogP contribution in [0.25, 0.3) is 0 Å². The van der Waals surface area contributed by atoms with Crippen LogP contribution in [-0.2, 0) is 4.74 Å². The van der Waals surface area contributed by atoms with Crippen molar-refractivity contribution in [2.75, 3.05) is 20.2 Å². The van der Waals surface area contributed by atoms with Crippen molar-refractivity contribution in [3.05, 3.63) is 0 Å². The van der Waals surface area contributed by atoms with Crippen molar-refractivity contribution in [3.8, 4) is 0 Å². The number of aliphatic hydroxyl groups is 1. The first-order valence-electron chi connectivity index (χ1n) is 4.72. The summed E-state index contributed by atoms with van der Waals surface area (Å²) in [6.45, 7) is 4.06. The molecule has 0 spiro atoms. The third kappa shape index (κ3) is 2.44. The highest BCUT2D eigenvalue weighted by molar-refractivity contribution is 4.72. The van der Waals surface area contributed by atoms with E-state index in [-0.39, 0.29) is 12.3 Å². The largest absolute Gasteiger partial charge is 0.393 e. The summed E-state index contributed by atoms with van der Waals surface area (Å²) in [5.74, 6) is 0. The van der Waals surface area contributed by atoms with Gasteiger partial charge in [0, 0.05) is 20.2 Å². The van der Waals surface area contributed by atoms with E-state index in [4.69, 9.17) is 4.74 Å². The number of nitrogens with zero attached hydrogens (tertiary/aromatic N) is 1. The minimum Gasteiger partial charge on any atom is -0.393 e. The second-order valence-corrected chi connectivity index (χ2v) is 3.37. The Morgan fingerprint density at radius 3 is 2.50 bits per heavy atom. The van der Waals surface area contributed by atoms with Crippen LogP contribution in [0.3, 0.4) is 0 Å². The van der Waals surface area contributed by atoms with Gasteiger partial charge in [-0.3, -0.25) is 4.90 Å². The second-order valence-electron chi connectivity index (χ2n) is 3.37. The van der Waals surface area contributed by atoms with Gasteiger partial charge in [0.2, 0.25) is 0 Å². The van der Waals surface area contributed by atoms with E-state index in [1.54, 1.807) is 7.11 Å². The summed E-state index contributed by atoms with van der Waals surface area (Å²) >= 11 is 0. The average molecular weight is 173 g/mol. The fourth-order valence-electron chi connectivity index (χ4n) is 1.75. The second kappa shape index (κ2) is 4.80. The number of aliphatic hydroxyl groups excluding tert-OH is 1. The predicted molar refractivity (Wildman–Crippen MR) is 47.9 cm³/mol. The van der Waals surface area contributed by atoms with Crippen LogP contribution < -0.4 is 0 Å². The Labute approximate surface area is 74.3 Å². The number of rotatable bonds is 3. The average Bonchev–Trinajstić information content (AvgIpc) is 2.10. The Hall–Kier alpha value is -0.120. The number of piperidine rings is 1. The van der Waals surface area contributed by atoms with Crippen LogP contribution in [0.4, 0.5) is 0 Å². The first kappa shape index (κ1) is 9.96. The van der Waals surface area contributed by atoms with Crippen LogP contribution in [-0.4, -0.2) is 42.5 Å². The summed E-state index contributed by atoms with van der Waals surface area (Å²) in [4.78, 5) is 2.30. The predicted octanol–water partition coefficient (Wildman–Crippen LogP) is 0.826. The first-order chi connectivity index (χ1) is 5.77. The molecule has 1 aliphatic heterocycles. The number of hydrogen-bond donors (Lipinski definition) is 1. The highest BCUT2D eigenvalue weighted by Crippen LogP contribution is 2.14. The van der Waals surface area contributed by atoms with E-state index in [0.29, 0.717) is 0 Å². The Kier molecular flexibility index (Phi) is 3.98. The summed E-state index contributed by atoms with van der Waals surface area (Å²) < 4.78 is 5.32. The molecule has 3 heteroatoms. The van der Waals surface area contributed by atoms with Crippen LogP contribution in [0.1, 0.15) is 26.2 Å². The van der Waals surface area contributed by atoms with Gasteiger partial charge in [-0.1, -0.05) is 6.92 Å². The van der Waals surface area contributed by atoms with Crippen molar-refractivity contribution in [2.24, 2.45) is 0 Å². The molecule has 0 bridgehead atoms. The van der Waals surface area contributed by atoms with Gasteiger partial charge in [-0.05, 0) is 19.3 Å². The fourth-order valence-corrected chi connectivity index (χ4v) is 1.75. The normalized spacial score (nSPS) is 24.2. The lowest BCUT2D eigenvalue weighted by atomic mass is 10.1. The van der Waals surface area contributed by atoms with Crippen LogP contribution >= 0.6 is 0 Å². The summed E-state index contributed by atoms with van der Waals surface area (Å²) in [5, 5.41) is 9.29. The maximum Gasteiger partial charge on any atom is 0.109 e. The molecular weight excluding hydrogens is 154 g/mol. The molecule has 1 heterocycles. The van der Waals surface area contributed by atoms with Gasteiger partial charge >= 0.3 is 0 Å². The number of methoxy groups -OCH3 is 1. The molecule has 1 rings (SSSR count). The Morgan fingerprint density at radius 2 is 2.08 bits per heavy atom. The van der Waals surface area contributed by atoms with Crippen molar-refractivity contribution in [3.63, 3.8) is 0 Å². The molecule has 1 saturated heterocycles. The summed E-state index contributed by atoms with van der Waals surface area (Å²) in [6, 6.07) is 0. The monoisotopic (exact) mass is 173 g/mol. The van der Waals surface area contributed by atoms with Crippen LogP contribution in [0.5, 0.6) is 0 Å². The van der Waals surface area contributed by atoms with E-state index < -0.39 is 0 Å². The third-order valence-corrected chi connectivity index (χ3v) is 2.53. The molecule has 1 fully saturated rings. The topological polar surface area (TPSA) is 32.7 Å². The van der Waals surface area contributed by atoms with Crippen LogP contribution in [0.2, 0.25) is 0 Å². The van der Waals surface area contributed by atoms with E-state index in [0.717, 1.165) is 32.4 Å². The molecule has 1 aliphatic rings. The molecule has 0 aromatic heterocycles. The first-order valence-corrected chi connectivity index (χ1v) is 4.72. The number of likely N-dealkylation sites (tertiary alicyclic amines) is 1. The van der Waals surface area contributed by atoms with Crippen molar-refractivity contribution >= 4 is 0 Å². The maximum absolute atomic E-state index is 9.29. The number of hydrogen-bond acceptors (Lipinski definition) is 3. The lowest BCUT2D eigenvalue weighted by molar-refractivity contribution is -0.0596. The van der Waals surface area contributed by atoms with Crippen LogP contribution in [0.15, 0.2) is 0 Å². The van der Waals surface area contributed by atoms with Crippen LogP contribution in [0, 0.1) is 0 Å². The highest BCUT2D eigenvalue weighted by atomic mass is 16.5. The molecule has 3 nitrogen and oxygen atoms in total. The Balaban J connectivity index is 2.32. The van der Waals surface area contributed by atoms with E-state index in [2.05, 4.69) is 11.8 Å². The molecule has 0 saturated carbocycles. The third-order valence-electron chi connectivity index (χ3n) is 2.53. The fraction of sp³-hybridized carbons (Fsp3) is 1.00. The van der Waals surface area contributed by atoms with E-state index in [1.165, 1.54) is 0 Å². The zero-order chi connectivity index (χ0) is 8.97. The van der Waals surface area contributed by atoms with Gasteiger partial charge in [0.1, 0.15) is 6.23 Å². The summed E-state index contributed by atoms with van der Waals surface area (Å²) in [7, 11) is 1.75. The lowest BCUT2D eigenvalue weighted by Crippen LogP contribution is -2.43. The molecule has 0 amide bonds. The van der Waals surface area contributed by atoms with E-state index in [9.17, 15) is 5.11 Å². The zero-order valence-electron chi connectivity index (χ0n) is 7.99. The standard InChI is InChI=1S/C9H19NO2/c1-3-9(12-2)10-6-4-8(11)5-7-10/h8-9,11H,3-7H2,1-2H3. The van der Waals surface area contributed by atoms with Gasteiger partial charge in [0.25, 0.3) is 0 Å². The van der Waals surface area contributed by atoms with E-state index >= 15 is 0 Å². The van der Waals surface area contributed by atoms with Gasteiger partial charge in [0.15, 0.2) is 0 Å². The molecule has 0 radical (unpaired) electrons. The van der Waals surface area contributed by atoms with Gasteiger partial charge < -0.3 is 9.84 Å². The molecule has 0 aromatic carbocycles. The van der Waals surface area contributed by atoms with Crippen molar-refractivity contribution in [2.45, 2.75) is 38.5 Å². The molecule has 0 aromatic rings. The lowest BCUT2D eigenvalue weighted by Gasteiger charge is -2.34. The number of ether oxygens (including phenoxy) is 1. The van der Waals surface area contributed by atoms with Gasteiger partial charge in [-0.25, -0.2) is 0 Å². The quantitative estimate of drug-likeness (QED) is 0.686. The van der Waals surface area contributed by atoms with E-state index in [1.807, 2.05) is 0 Å². The minimum atomic E-state index is -0.0874. The Bertz CT molecular complexity index is 118.